The zero-order chi connectivity index (χ0) is 7.68. The molecule has 1 heterocycles. The molecule has 2 N–H and O–H groups in total. The zero-order valence-electron chi connectivity index (χ0n) is 6.49. The van der Waals surface area contributed by atoms with Crippen LogP contribution in [0.4, 0.5) is 0 Å². The third-order valence-corrected chi connectivity index (χ3v) is 3.19. The summed E-state index contributed by atoms with van der Waals surface area (Å²) in [6.45, 7) is 0. The molecule has 1 saturated carbocycles. The van der Waals surface area contributed by atoms with E-state index in [9.17, 15) is 0 Å². The molecule has 0 spiro atoms. The van der Waals surface area contributed by atoms with Gasteiger partial charge >= 0.3 is 0 Å². The van der Waals surface area contributed by atoms with Crippen LogP contribution in [0.1, 0.15) is 30.7 Å². The Hall–Kier alpha value is -0.340. The van der Waals surface area contributed by atoms with Gasteiger partial charge in [0.2, 0.25) is 0 Å². The molecule has 2 unspecified atom stereocenters. The maximum absolute atomic E-state index is 5.83. The van der Waals surface area contributed by atoms with Crippen molar-refractivity contribution >= 4 is 11.3 Å². The van der Waals surface area contributed by atoms with Gasteiger partial charge in [-0.25, -0.2) is 0 Å². The van der Waals surface area contributed by atoms with Gasteiger partial charge in [0.15, 0.2) is 0 Å². The van der Waals surface area contributed by atoms with Crippen molar-refractivity contribution in [2.45, 2.75) is 31.2 Å². The van der Waals surface area contributed by atoms with Gasteiger partial charge in [0.25, 0.3) is 0 Å². The summed E-state index contributed by atoms with van der Waals surface area (Å²) in [5.41, 5.74) is 7.34. The minimum absolute atomic E-state index is 0.458. The monoisotopic (exact) mass is 167 g/mol. The van der Waals surface area contributed by atoms with E-state index in [0.717, 1.165) is 5.92 Å². The van der Waals surface area contributed by atoms with E-state index < -0.39 is 0 Å². The van der Waals surface area contributed by atoms with Gasteiger partial charge in [-0.3, -0.25) is 0 Å². The van der Waals surface area contributed by atoms with E-state index in [1.807, 2.05) is 0 Å². The molecule has 0 bridgehead atoms. The third kappa shape index (κ3) is 1.47. The standard InChI is InChI=1S/C9H13NS/c10-9-2-1-7(5-9)8-3-4-11-6-8/h3-4,6-7,9H,1-2,5,10H2. The molecule has 0 aliphatic heterocycles. The molecule has 1 nitrogen and oxygen atoms in total. The molecule has 0 aromatic carbocycles. The van der Waals surface area contributed by atoms with Crippen molar-refractivity contribution in [1.82, 2.24) is 0 Å². The van der Waals surface area contributed by atoms with E-state index in [1.54, 1.807) is 11.3 Å². The Kier molecular flexibility index (Phi) is 1.96. The highest BCUT2D eigenvalue weighted by molar-refractivity contribution is 7.07. The summed E-state index contributed by atoms with van der Waals surface area (Å²) in [5.74, 6) is 0.760. The maximum Gasteiger partial charge on any atom is 0.00448 e. The lowest BCUT2D eigenvalue weighted by atomic mass is 10.0. The van der Waals surface area contributed by atoms with Crippen molar-refractivity contribution in [3.8, 4) is 0 Å². The van der Waals surface area contributed by atoms with Crippen LogP contribution in [-0.2, 0) is 0 Å². The summed E-state index contributed by atoms with van der Waals surface area (Å²) in [4.78, 5) is 0. The Labute approximate surface area is 71.2 Å². The SMILES string of the molecule is NC1CCC(c2ccsc2)C1. The Morgan fingerprint density at radius 3 is 2.91 bits per heavy atom. The minimum Gasteiger partial charge on any atom is -0.328 e. The van der Waals surface area contributed by atoms with Crippen molar-refractivity contribution in [3.63, 3.8) is 0 Å². The quantitative estimate of drug-likeness (QED) is 0.682. The lowest BCUT2D eigenvalue weighted by Gasteiger charge is -2.05. The van der Waals surface area contributed by atoms with Crippen LogP contribution in [-0.4, -0.2) is 6.04 Å². The largest absolute Gasteiger partial charge is 0.328 e. The average Bonchev–Trinajstić information content (AvgIpc) is 2.55. The molecule has 1 aromatic rings. The third-order valence-electron chi connectivity index (χ3n) is 2.49. The molecule has 0 amide bonds. The summed E-state index contributed by atoms with van der Waals surface area (Å²) in [7, 11) is 0. The smallest absolute Gasteiger partial charge is 0.00448 e. The molecular formula is C9H13NS. The number of thiophene rings is 1. The summed E-state index contributed by atoms with van der Waals surface area (Å²) in [6.07, 6.45) is 3.69. The second-order valence-corrected chi connectivity index (χ2v) is 4.11. The molecule has 11 heavy (non-hydrogen) atoms. The topological polar surface area (TPSA) is 26.0 Å². The summed E-state index contributed by atoms with van der Waals surface area (Å²) < 4.78 is 0. The van der Waals surface area contributed by atoms with Crippen LogP contribution in [0.2, 0.25) is 0 Å². The first-order valence-electron chi connectivity index (χ1n) is 4.14. The van der Waals surface area contributed by atoms with Gasteiger partial charge in [-0.05, 0) is 47.6 Å². The Morgan fingerprint density at radius 2 is 2.36 bits per heavy atom. The average molecular weight is 167 g/mol. The second kappa shape index (κ2) is 2.95. The van der Waals surface area contributed by atoms with Crippen LogP contribution < -0.4 is 5.73 Å². The highest BCUT2D eigenvalue weighted by Crippen LogP contribution is 2.34. The fourth-order valence-electron chi connectivity index (χ4n) is 1.83. The second-order valence-electron chi connectivity index (χ2n) is 3.33. The number of hydrogen-bond acceptors (Lipinski definition) is 2. The van der Waals surface area contributed by atoms with Crippen LogP contribution in [0.25, 0.3) is 0 Å². The molecule has 1 aromatic heterocycles. The van der Waals surface area contributed by atoms with Gasteiger partial charge in [-0.15, -0.1) is 0 Å². The van der Waals surface area contributed by atoms with Crippen LogP contribution >= 0.6 is 11.3 Å². The molecule has 0 saturated heterocycles. The van der Waals surface area contributed by atoms with Crippen LogP contribution in [0, 0.1) is 0 Å². The van der Waals surface area contributed by atoms with Gasteiger partial charge in [0.05, 0.1) is 0 Å². The molecule has 1 fully saturated rings. The van der Waals surface area contributed by atoms with Crippen LogP contribution in [0.15, 0.2) is 16.8 Å². The molecular weight excluding hydrogens is 154 g/mol. The predicted molar refractivity (Wildman–Crippen MR) is 48.9 cm³/mol. The highest BCUT2D eigenvalue weighted by Gasteiger charge is 2.22. The predicted octanol–water partition coefficient (Wildman–Crippen LogP) is 2.34. The summed E-state index contributed by atoms with van der Waals surface area (Å²) in [5, 5.41) is 4.40. The normalized spacial score (nSPS) is 31.0. The lowest BCUT2D eigenvalue weighted by Crippen LogP contribution is -2.14. The van der Waals surface area contributed by atoms with Crippen LogP contribution in [0.3, 0.4) is 0 Å². The first kappa shape index (κ1) is 7.32. The van der Waals surface area contributed by atoms with E-state index in [1.165, 1.54) is 24.8 Å². The fourth-order valence-corrected chi connectivity index (χ4v) is 2.57. The van der Waals surface area contributed by atoms with Crippen molar-refractivity contribution in [1.29, 1.82) is 0 Å². The lowest BCUT2D eigenvalue weighted by molar-refractivity contribution is 0.676. The fraction of sp³-hybridized carbons (Fsp3) is 0.556. The minimum atomic E-state index is 0.458. The van der Waals surface area contributed by atoms with Crippen molar-refractivity contribution < 1.29 is 0 Å². The van der Waals surface area contributed by atoms with Crippen molar-refractivity contribution in [2.75, 3.05) is 0 Å². The first-order chi connectivity index (χ1) is 5.36. The maximum atomic E-state index is 5.83. The summed E-state index contributed by atoms with van der Waals surface area (Å²) in [6, 6.07) is 2.69. The van der Waals surface area contributed by atoms with Gasteiger partial charge in [-0.2, -0.15) is 11.3 Å². The van der Waals surface area contributed by atoms with Gasteiger partial charge < -0.3 is 5.73 Å². The van der Waals surface area contributed by atoms with Gasteiger partial charge in [0.1, 0.15) is 0 Å². The van der Waals surface area contributed by atoms with Crippen molar-refractivity contribution in [2.24, 2.45) is 5.73 Å². The molecule has 1 aliphatic rings. The molecule has 2 rings (SSSR count). The van der Waals surface area contributed by atoms with E-state index in [0.29, 0.717) is 6.04 Å². The Balaban J connectivity index is 2.08. The molecule has 2 heteroatoms. The van der Waals surface area contributed by atoms with Gasteiger partial charge in [0, 0.05) is 6.04 Å². The zero-order valence-corrected chi connectivity index (χ0v) is 7.31. The summed E-state index contributed by atoms with van der Waals surface area (Å²) >= 11 is 1.79. The van der Waals surface area contributed by atoms with E-state index in [4.69, 9.17) is 5.73 Å². The number of rotatable bonds is 1. The van der Waals surface area contributed by atoms with E-state index in [2.05, 4.69) is 16.8 Å². The first-order valence-corrected chi connectivity index (χ1v) is 5.08. The number of hydrogen-bond donors (Lipinski definition) is 1. The Morgan fingerprint density at radius 1 is 1.45 bits per heavy atom. The van der Waals surface area contributed by atoms with Crippen LogP contribution in [0.5, 0.6) is 0 Å². The molecule has 60 valence electrons. The van der Waals surface area contributed by atoms with E-state index >= 15 is 0 Å². The molecule has 1 aliphatic carbocycles. The highest BCUT2D eigenvalue weighted by atomic mass is 32.1. The Bertz CT molecular complexity index is 217. The number of nitrogens with two attached hydrogens (primary N) is 1. The van der Waals surface area contributed by atoms with Gasteiger partial charge in [-0.1, -0.05) is 0 Å². The molecule has 0 radical (unpaired) electrons. The van der Waals surface area contributed by atoms with Crippen molar-refractivity contribution in [3.05, 3.63) is 22.4 Å². The van der Waals surface area contributed by atoms with E-state index in [-0.39, 0.29) is 0 Å². The molecule has 2 atom stereocenters.